The van der Waals surface area contributed by atoms with E-state index in [0.29, 0.717) is 30.1 Å². The fourth-order valence-corrected chi connectivity index (χ4v) is 8.57. The molecule has 178 valence electrons. The summed E-state index contributed by atoms with van der Waals surface area (Å²) < 4.78 is 38.3. The molecular formula is C26H41F3O2. The fourth-order valence-electron chi connectivity index (χ4n) is 8.57. The van der Waals surface area contributed by atoms with Crippen LogP contribution in [0, 0.1) is 40.4 Å². The molecule has 4 aliphatic carbocycles. The van der Waals surface area contributed by atoms with E-state index in [1.54, 1.807) is 0 Å². The Kier molecular flexibility index (Phi) is 5.90. The van der Waals surface area contributed by atoms with Gasteiger partial charge in [0.15, 0.2) is 0 Å². The average molecular weight is 443 g/mol. The highest BCUT2D eigenvalue weighted by atomic mass is 19.4. The average Bonchev–Trinajstić information content (AvgIpc) is 3.02. The Morgan fingerprint density at radius 1 is 1.03 bits per heavy atom. The van der Waals surface area contributed by atoms with Crippen LogP contribution < -0.4 is 0 Å². The third-order valence-corrected chi connectivity index (χ3v) is 10.4. The maximum atomic E-state index is 12.8. The standard InChI is InChI=1S/C26H41F3O2/c1-16(5-10-22(30)26(27,28)29)19-8-9-20-18-7-6-17-15-23(2,31)13-14-24(17,3)21(18)11-12-25(19,20)4/h6,16,18-22,30-31H,5,7-15H2,1-4H3. The van der Waals surface area contributed by atoms with Gasteiger partial charge in [-0.2, -0.15) is 13.2 Å². The first kappa shape index (κ1) is 23.6. The first-order valence-corrected chi connectivity index (χ1v) is 12.4. The van der Waals surface area contributed by atoms with E-state index in [1.807, 2.05) is 6.92 Å². The summed E-state index contributed by atoms with van der Waals surface area (Å²) >= 11 is 0. The van der Waals surface area contributed by atoms with E-state index in [9.17, 15) is 23.4 Å². The topological polar surface area (TPSA) is 40.5 Å². The molecule has 9 atom stereocenters. The van der Waals surface area contributed by atoms with E-state index < -0.39 is 17.9 Å². The Labute approximate surface area is 185 Å². The van der Waals surface area contributed by atoms with Crippen molar-refractivity contribution in [1.82, 2.24) is 0 Å². The molecule has 0 amide bonds. The van der Waals surface area contributed by atoms with E-state index in [4.69, 9.17) is 0 Å². The van der Waals surface area contributed by atoms with Crippen LogP contribution in [0.15, 0.2) is 11.6 Å². The summed E-state index contributed by atoms with van der Waals surface area (Å²) in [6.07, 6.45) is 4.48. The van der Waals surface area contributed by atoms with Gasteiger partial charge in [-0.25, -0.2) is 0 Å². The highest BCUT2D eigenvalue weighted by Gasteiger charge is 2.59. The van der Waals surface area contributed by atoms with Crippen LogP contribution in [0.1, 0.15) is 91.9 Å². The fraction of sp³-hybridized carbons (Fsp3) is 0.923. The van der Waals surface area contributed by atoms with Crippen molar-refractivity contribution in [2.45, 2.75) is 110 Å². The monoisotopic (exact) mass is 442 g/mol. The number of halogens is 3. The van der Waals surface area contributed by atoms with Gasteiger partial charge in [0.2, 0.25) is 0 Å². The van der Waals surface area contributed by atoms with Crippen LogP contribution in [0.2, 0.25) is 0 Å². The van der Waals surface area contributed by atoms with Crippen molar-refractivity contribution in [3.8, 4) is 0 Å². The van der Waals surface area contributed by atoms with Crippen LogP contribution in [0.4, 0.5) is 13.2 Å². The molecular weight excluding hydrogens is 401 g/mol. The molecule has 0 heterocycles. The van der Waals surface area contributed by atoms with Gasteiger partial charge in [0.05, 0.1) is 5.60 Å². The Morgan fingerprint density at radius 3 is 2.42 bits per heavy atom. The minimum atomic E-state index is -4.51. The van der Waals surface area contributed by atoms with Gasteiger partial charge in [-0.15, -0.1) is 0 Å². The molecule has 0 bridgehead atoms. The third kappa shape index (κ3) is 4.00. The quantitative estimate of drug-likeness (QED) is 0.478. The van der Waals surface area contributed by atoms with Gasteiger partial charge in [0, 0.05) is 0 Å². The number of aliphatic hydroxyl groups excluding tert-OH is 1. The number of hydrogen-bond donors (Lipinski definition) is 2. The van der Waals surface area contributed by atoms with Gasteiger partial charge in [0.1, 0.15) is 6.10 Å². The summed E-state index contributed by atoms with van der Waals surface area (Å²) in [5.74, 6) is 2.63. The Balaban J connectivity index is 1.48. The molecule has 31 heavy (non-hydrogen) atoms. The number of aliphatic hydroxyl groups is 2. The predicted molar refractivity (Wildman–Crippen MR) is 116 cm³/mol. The lowest BCUT2D eigenvalue weighted by atomic mass is 9.46. The summed E-state index contributed by atoms with van der Waals surface area (Å²) in [5, 5.41) is 20.1. The lowest BCUT2D eigenvalue weighted by Crippen LogP contribution is -2.52. The van der Waals surface area contributed by atoms with Crippen molar-refractivity contribution in [2.24, 2.45) is 40.4 Å². The molecule has 3 saturated carbocycles. The summed E-state index contributed by atoms with van der Waals surface area (Å²) in [6, 6.07) is 0. The molecule has 0 aromatic carbocycles. The van der Waals surface area contributed by atoms with Gasteiger partial charge in [-0.1, -0.05) is 32.4 Å². The summed E-state index contributed by atoms with van der Waals surface area (Å²) in [4.78, 5) is 0. The van der Waals surface area contributed by atoms with Crippen molar-refractivity contribution in [2.75, 3.05) is 0 Å². The molecule has 4 aliphatic rings. The summed E-state index contributed by atoms with van der Waals surface area (Å²) in [5.41, 5.74) is 1.30. The molecule has 2 N–H and O–H groups in total. The molecule has 5 heteroatoms. The van der Waals surface area contributed by atoms with Crippen molar-refractivity contribution in [3.63, 3.8) is 0 Å². The zero-order chi connectivity index (χ0) is 22.8. The Morgan fingerprint density at radius 2 is 1.74 bits per heavy atom. The molecule has 2 nitrogen and oxygen atoms in total. The Bertz CT molecular complexity index is 714. The molecule has 9 unspecified atom stereocenters. The van der Waals surface area contributed by atoms with Gasteiger partial charge in [0.25, 0.3) is 0 Å². The third-order valence-electron chi connectivity index (χ3n) is 10.4. The van der Waals surface area contributed by atoms with E-state index in [0.717, 1.165) is 38.5 Å². The number of fused-ring (bicyclic) bond motifs is 5. The lowest BCUT2D eigenvalue weighted by molar-refractivity contribution is -0.206. The predicted octanol–water partition coefficient (Wildman–Crippen LogP) is 6.66. The smallest absolute Gasteiger partial charge is 0.390 e. The highest BCUT2D eigenvalue weighted by molar-refractivity contribution is 5.26. The Hall–Kier alpha value is -0.550. The van der Waals surface area contributed by atoms with Gasteiger partial charge in [-0.05, 0) is 112 Å². The summed E-state index contributed by atoms with van der Waals surface area (Å²) in [6.45, 7) is 8.92. The van der Waals surface area contributed by atoms with Crippen LogP contribution in [-0.4, -0.2) is 28.1 Å². The summed E-state index contributed by atoms with van der Waals surface area (Å²) in [7, 11) is 0. The first-order valence-electron chi connectivity index (χ1n) is 12.4. The highest BCUT2D eigenvalue weighted by Crippen LogP contribution is 2.67. The molecule has 0 aromatic rings. The largest absolute Gasteiger partial charge is 0.414 e. The molecule has 4 rings (SSSR count). The molecule has 0 aliphatic heterocycles. The second-order valence-corrected chi connectivity index (χ2v) is 12.3. The molecule has 0 aromatic heterocycles. The number of alkyl halides is 3. The van der Waals surface area contributed by atoms with E-state index >= 15 is 0 Å². The number of hydrogen-bond acceptors (Lipinski definition) is 2. The van der Waals surface area contributed by atoms with Crippen molar-refractivity contribution >= 4 is 0 Å². The normalized spacial score (nSPS) is 47.1. The minimum Gasteiger partial charge on any atom is -0.390 e. The van der Waals surface area contributed by atoms with E-state index in [-0.39, 0.29) is 23.2 Å². The maximum absolute atomic E-state index is 12.8. The van der Waals surface area contributed by atoms with Crippen LogP contribution in [0.3, 0.4) is 0 Å². The zero-order valence-corrected chi connectivity index (χ0v) is 19.6. The number of rotatable bonds is 4. The first-order chi connectivity index (χ1) is 14.3. The number of allylic oxidation sites excluding steroid dienone is 1. The van der Waals surface area contributed by atoms with E-state index in [2.05, 4.69) is 26.8 Å². The second-order valence-electron chi connectivity index (χ2n) is 12.3. The molecule has 3 fully saturated rings. The zero-order valence-electron chi connectivity index (χ0n) is 19.6. The maximum Gasteiger partial charge on any atom is 0.414 e. The van der Waals surface area contributed by atoms with Gasteiger partial charge in [-0.3, -0.25) is 0 Å². The molecule has 0 saturated heterocycles. The van der Waals surface area contributed by atoms with Crippen LogP contribution in [0.5, 0.6) is 0 Å². The van der Waals surface area contributed by atoms with Crippen molar-refractivity contribution in [1.29, 1.82) is 0 Å². The van der Waals surface area contributed by atoms with Crippen molar-refractivity contribution in [3.05, 3.63) is 11.6 Å². The molecule has 0 spiro atoms. The van der Waals surface area contributed by atoms with Gasteiger partial charge < -0.3 is 10.2 Å². The second kappa shape index (κ2) is 7.75. The van der Waals surface area contributed by atoms with Crippen LogP contribution >= 0.6 is 0 Å². The van der Waals surface area contributed by atoms with Gasteiger partial charge >= 0.3 is 6.18 Å². The lowest BCUT2D eigenvalue weighted by Gasteiger charge is -2.59. The van der Waals surface area contributed by atoms with Crippen LogP contribution in [-0.2, 0) is 0 Å². The SMILES string of the molecule is CC(CCC(O)C(F)(F)F)C1CCC2C3CC=C4CC(C)(O)CCC4(C)C3CCC12C. The van der Waals surface area contributed by atoms with Crippen LogP contribution in [0.25, 0.3) is 0 Å². The minimum absolute atomic E-state index is 0.182. The molecule has 0 radical (unpaired) electrons. The van der Waals surface area contributed by atoms with Crippen molar-refractivity contribution < 1.29 is 23.4 Å². The van der Waals surface area contributed by atoms with E-state index in [1.165, 1.54) is 18.4 Å².